The Kier molecular flexibility index (Phi) is 5.99. The fourth-order valence-corrected chi connectivity index (χ4v) is 3.40. The van der Waals surface area contributed by atoms with Crippen LogP contribution in [0.15, 0.2) is 53.6 Å². The molecule has 0 radical (unpaired) electrons. The molecule has 1 heterocycles. The molecule has 1 saturated carbocycles. The molecule has 10 nitrogen and oxygen atoms in total. The van der Waals surface area contributed by atoms with E-state index in [-0.39, 0.29) is 53.3 Å². The van der Waals surface area contributed by atoms with Gasteiger partial charge < -0.3 is 27.3 Å². The number of carbonyl (C=O) groups excluding carboxylic acids is 1. The van der Waals surface area contributed by atoms with Crippen LogP contribution < -0.4 is 27.8 Å². The van der Waals surface area contributed by atoms with Crippen LogP contribution in [0.1, 0.15) is 29.5 Å². The van der Waals surface area contributed by atoms with Crippen molar-refractivity contribution in [1.29, 1.82) is 5.41 Å². The lowest BCUT2D eigenvalue weighted by molar-refractivity contribution is -0.120. The number of amides is 1. The Labute approximate surface area is 189 Å². The monoisotopic (exact) mass is 447 g/mol. The molecule has 1 fully saturated rings. The largest absolute Gasteiger partial charge is 0.508 e. The number of benzene rings is 2. The van der Waals surface area contributed by atoms with Gasteiger partial charge in [-0.15, -0.1) is 0 Å². The quantitative estimate of drug-likeness (QED) is 0.170. The van der Waals surface area contributed by atoms with Crippen molar-refractivity contribution >= 4 is 17.4 Å². The summed E-state index contributed by atoms with van der Waals surface area (Å²) in [4.78, 5) is 30.3. The number of rotatable bonds is 8. The van der Waals surface area contributed by atoms with Gasteiger partial charge in [-0.2, -0.15) is 0 Å². The average molecular weight is 447 g/mol. The number of amidine groups is 1. The maximum atomic E-state index is 13.2. The molecular formula is C23H25N7O3. The third-order valence-corrected chi connectivity index (χ3v) is 5.27. The maximum absolute atomic E-state index is 13.2. The van der Waals surface area contributed by atoms with Gasteiger partial charge in [0, 0.05) is 35.5 Å². The lowest BCUT2D eigenvalue weighted by Crippen LogP contribution is -2.35. The molecule has 0 spiro atoms. The number of nitrogens with two attached hydrogens (primary N) is 2. The smallest absolute Gasteiger partial charge is 0.276 e. The lowest BCUT2D eigenvalue weighted by Gasteiger charge is -2.14. The zero-order chi connectivity index (χ0) is 23.5. The zero-order valence-electron chi connectivity index (χ0n) is 17.8. The number of phenolic OH excluding ortho intramolecular Hbond substituents is 1. The van der Waals surface area contributed by atoms with Gasteiger partial charge >= 0.3 is 0 Å². The summed E-state index contributed by atoms with van der Waals surface area (Å²) in [6.07, 6.45) is 3.12. The summed E-state index contributed by atoms with van der Waals surface area (Å²) in [6, 6.07) is 11.6. The molecule has 0 unspecified atom stereocenters. The molecule has 0 atom stereocenters. The lowest BCUT2D eigenvalue weighted by atomic mass is 10.0. The van der Waals surface area contributed by atoms with E-state index in [0.29, 0.717) is 16.8 Å². The highest BCUT2D eigenvalue weighted by Gasteiger charge is 2.24. The number of nitrogens with one attached hydrogen (secondary N) is 3. The maximum Gasteiger partial charge on any atom is 0.276 e. The molecule has 0 aliphatic heterocycles. The highest BCUT2D eigenvalue weighted by atomic mass is 16.3. The number of aromatic nitrogens is 2. The van der Waals surface area contributed by atoms with Gasteiger partial charge in [0.2, 0.25) is 5.91 Å². The van der Waals surface area contributed by atoms with Crippen LogP contribution in [0.4, 0.5) is 5.69 Å². The van der Waals surface area contributed by atoms with Crippen molar-refractivity contribution in [2.75, 3.05) is 11.2 Å². The van der Waals surface area contributed by atoms with E-state index in [1.54, 1.807) is 30.3 Å². The molecule has 10 heteroatoms. The molecule has 4 rings (SSSR count). The minimum absolute atomic E-state index is 0.0293. The van der Waals surface area contributed by atoms with E-state index in [2.05, 4.69) is 15.7 Å². The van der Waals surface area contributed by atoms with E-state index in [1.165, 1.54) is 23.1 Å². The van der Waals surface area contributed by atoms with Crippen LogP contribution in [-0.4, -0.2) is 32.6 Å². The van der Waals surface area contributed by atoms with Gasteiger partial charge in [-0.05, 0) is 30.5 Å². The second-order valence-corrected chi connectivity index (χ2v) is 8.03. The van der Waals surface area contributed by atoms with E-state index in [9.17, 15) is 14.7 Å². The molecular weight excluding hydrogens is 422 g/mol. The molecule has 8 N–H and O–H groups in total. The SMILES string of the molecule is N=C(N)c1ccc(CNC(=O)Cc2c(-c3cc(N)cc(O)c3)ncn(NC3CC3)c2=O)cc1. The first-order valence-corrected chi connectivity index (χ1v) is 10.5. The zero-order valence-corrected chi connectivity index (χ0v) is 17.8. The van der Waals surface area contributed by atoms with Crippen LogP contribution in [0, 0.1) is 5.41 Å². The number of hydrogen-bond acceptors (Lipinski definition) is 7. The molecule has 1 aromatic heterocycles. The first-order chi connectivity index (χ1) is 15.8. The molecule has 1 amide bonds. The minimum atomic E-state index is -0.380. The average Bonchev–Trinajstić information content (AvgIpc) is 3.59. The van der Waals surface area contributed by atoms with E-state index in [4.69, 9.17) is 16.9 Å². The van der Waals surface area contributed by atoms with Gasteiger partial charge in [0.05, 0.1) is 17.7 Å². The number of nitrogen functional groups attached to an aromatic ring is 2. The molecule has 0 bridgehead atoms. The Morgan fingerprint density at radius 3 is 2.58 bits per heavy atom. The van der Waals surface area contributed by atoms with E-state index in [0.717, 1.165) is 18.4 Å². The molecule has 170 valence electrons. The van der Waals surface area contributed by atoms with Gasteiger partial charge in [0.15, 0.2) is 0 Å². The first kappa shape index (κ1) is 21.9. The van der Waals surface area contributed by atoms with Crippen molar-refractivity contribution in [2.24, 2.45) is 5.73 Å². The van der Waals surface area contributed by atoms with Crippen LogP contribution >= 0.6 is 0 Å². The minimum Gasteiger partial charge on any atom is -0.508 e. The standard InChI is InChI=1S/C23H25N7O3/c24-16-7-15(8-18(31)9-16)21-19(23(33)30(12-28-21)29-17-5-6-17)10-20(32)27-11-13-1-3-14(4-2-13)22(25)26/h1-4,7-9,12,17,29,31H,5-6,10-11,24H2,(H3,25,26)(H,27,32). The van der Waals surface area contributed by atoms with Crippen molar-refractivity contribution in [3.8, 4) is 17.0 Å². The van der Waals surface area contributed by atoms with E-state index in [1.807, 2.05) is 0 Å². The van der Waals surface area contributed by atoms with Gasteiger partial charge in [-0.3, -0.25) is 15.0 Å². The molecule has 0 saturated heterocycles. The van der Waals surface area contributed by atoms with Crippen LogP contribution in [0.3, 0.4) is 0 Å². The summed E-state index contributed by atoms with van der Waals surface area (Å²) >= 11 is 0. The van der Waals surface area contributed by atoms with Crippen molar-refractivity contribution in [1.82, 2.24) is 15.0 Å². The third-order valence-electron chi connectivity index (χ3n) is 5.27. The van der Waals surface area contributed by atoms with Crippen LogP contribution in [0.25, 0.3) is 11.3 Å². The summed E-state index contributed by atoms with van der Waals surface area (Å²) in [5, 5.41) is 20.2. The Hall–Kier alpha value is -4.34. The second kappa shape index (κ2) is 9.03. The fourth-order valence-electron chi connectivity index (χ4n) is 3.40. The fraction of sp³-hybridized carbons (Fsp3) is 0.217. The molecule has 2 aromatic carbocycles. The number of aromatic hydroxyl groups is 1. The van der Waals surface area contributed by atoms with E-state index >= 15 is 0 Å². The van der Waals surface area contributed by atoms with Gasteiger partial charge in [-0.25, -0.2) is 9.66 Å². The number of hydrogen-bond donors (Lipinski definition) is 6. The third kappa shape index (κ3) is 5.29. The Morgan fingerprint density at radius 1 is 1.21 bits per heavy atom. The molecule has 33 heavy (non-hydrogen) atoms. The van der Waals surface area contributed by atoms with Crippen molar-refractivity contribution in [3.05, 3.63) is 75.8 Å². The van der Waals surface area contributed by atoms with Gasteiger partial charge in [0.25, 0.3) is 5.56 Å². The summed E-state index contributed by atoms with van der Waals surface area (Å²) < 4.78 is 1.30. The second-order valence-electron chi connectivity index (χ2n) is 8.03. The van der Waals surface area contributed by atoms with Crippen molar-refractivity contribution in [3.63, 3.8) is 0 Å². The number of nitrogens with zero attached hydrogens (tertiary/aromatic N) is 2. The van der Waals surface area contributed by atoms with Crippen LogP contribution in [0.5, 0.6) is 5.75 Å². The summed E-state index contributed by atoms with van der Waals surface area (Å²) in [6.45, 7) is 0.250. The highest BCUT2D eigenvalue weighted by Crippen LogP contribution is 2.27. The highest BCUT2D eigenvalue weighted by molar-refractivity contribution is 5.94. The van der Waals surface area contributed by atoms with Crippen molar-refractivity contribution < 1.29 is 9.90 Å². The Balaban J connectivity index is 1.58. The van der Waals surface area contributed by atoms with Gasteiger partial charge in [0.1, 0.15) is 17.9 Å². The van der Waals surface area contributed by atoms with Crippen LogP contribution in [-0.2, 0) is 17.8 Å². The van der Waals surface area contributed by atoms with Crippen LogP contribution in [0.2, 0.25) is 0 Å². The molecule has 3 aromatic rings. The number of carbonyl (C=O) groups is 1. The predicted molar refractivity (Wildman–Crippen MR) is 125 cm³/mol. The number of phenols is 1. The van der Waals surface area contributed by atoms with Crippen molar-refractivity contribution in [2.45, 2.75) is 31.8 Å². The predicted octanol–water partition coefficient (Wildman–Crippen LogP) is 1.05. The Bertz CT molecular complexity index is 1240. The molecule has 1 aliphatic carbocycles. The first-order valence-electron chi connectivity index (χ1n) is 10.5. The van der Waals surface area contributed by atoms with E-state index < -0.39 is 0 Å². The topological polar surface area (TPSA) is 172 Å². The Morgan fingerprint density at radius 2 is 1.94 bits per heavy atom. The summed E-state index contributed by atoms with van der Waals surface area (Å²) in [5.41, 5.74) is 16.7. The summed E-state index contributed by atoms with van der Waals surface area (Å²) in [5.74, 6) is -0.446. The normalized spacial score (nSPS) is 12.8. The molecule has 1 aliphatic rings. The van der Waals surface area contributed by atoms with Gasteiger partial charge in [-0.1, -0.05) is 24.3 Å². The summed E-state index contributed by atoms with van der Waals surface area (Å²) in [7, 11) is 0. The number of anilines is 1.